The molecule has 0 saturated heterocycles. The van der Waals surface area contributed by atoms with Gasteiger partial charge in [-0.3, -0.25) is 0 Å². The minimum absolute atomic E-state index is 0.345. The quantitative estimate of drug-likeness (QED) is 0.643. The molecule has 6 heteroatoms. The van der Waals surface area contributed by atoms with E-state index in [2.05, 4.69) is 15.9 Å². The smallest absolute Gasteiger partial charge is 0.162 e. The summed E-state index contributed by atoms with van der Waals surface area (Å²) in [5.41, 5.74) is 0.922. The third-order valence-corrected chi connectivity index (χ3v) is 4.66. The van der Waals surface area contributed by atoms with Crippen LogP contribution in [0.3, 0.4) is 0 Å². The second-order valence-corrected chi connectivity index (χ2v) is 6.21. The van der Waals surface area contributed by atoms with Crippen molar-refractivity contribution in [3.05, 3.63) is 56.8 Å². The van der Waals surface area contributed by atoms with E-state index in [1.165, 1.54) is 6.07 Å². The number of ether oxygens (including phenoxy) is 2. The predicted molar refractivity (Wildman–Crippen MR) is 84.2 cm³/mol. The lowest BCUT2D eigenvalue weighted by Crippen LogP contribution is -2.15. The first-order valence-electron chi connectivity index (χ1n) is 6.25. The summed E-state index contributed by atoms with van der Waals surface area (Å²) in [7, 11) is 0. The van der Waals surface area contributed by atoms with Gasteiger partial charge < -0.3 is 9.47 Å². The fraction of sp³-hybridized carbons (Fsp3) is 0.200. The van der Waals surface area contributed by atoms with E-state index in [9.17, 15) is 4.39 Å². The Morgan fingerprint density at radius 2 is 1.81 bits per heavy atom. The van der Waals surface area contributed by atoms with Gasteiger partial charge >= 0.3 is 0 Å². The lowest BCUT2D eigenvalue weighted by molar-refractivity contribution is 0.171. The molecule has 0 N–H and O–H groups in total. The maximum Gasteiger partial charge on any atom is 0.162 e. The van der Waals surface area contributed by atoms with Crippen molar-refractivity contribution in [2.75, 3.05) is 13.2 Å². The molecule has 0 amide bonds. The molecule has 1 heterocycles. The molecule has 0 spiro atoms. The van der Waals surface area contributed by atoms with Crippen LogP contribution in [-0.4, -0.2) is 13.2 Å². The lowest BCUT2D eigenvalue weighted by atomic mass is 10.0. The highest BCUT2D eigenvalue weighted by Gasteiger charge is 2.24. The molecular formula is C15H10BrCl2FO2. The predicted octanol–water partition coefficient (Wildman–Crippen LogP) is 5.34. The van der Waals surface area contributed by atoms with Crippen molar-refractivity contribution in [3.8, 4) is 11.5 Å². The van der Waals surface area contributed by atoms with Crippen LogP contribution in [0.2, 0.25) is 5.02 Å². The normalized spacial score (nSPS) is 14.9. The summed E-state index contributed by atoms with van der Waals surface area (Å²) in [4.78, 5) is 0. The molecule has 2 aromatic rings. The van der Waals surface area contributed by atoms with Crippen molar-refractivity contribution in [1.82, 2.24) is 0 Å². The van der Waals surface area contributed by atoms with E-state index in [1.54, 1.807) is 24.3 Å². The van der Waals surface area contributed by atoms with Crippen LogP contribution < -0.4 is 9.47 Å². The minimum atomic E-state index is -0.732. The first kappa shape index (κ1) is 14.9. The molecule has 0 radical (unpaired) electrons. The largest absolute Gasteiger partial charge is 0.486 e. The summed E-state index contributed by atoms with van der Waals surface area (Å²) in [5.74, 6) is 0.751. The van der Waals surface area contributed by atoms with Gasteiger partial charge in [0.15, 0.2) is 11.5 Å². The summed E-state index contributed by atoms with van der Waals surface area (Å²) in [6.45, 7) is 0.941. The van der Waals surface area contributed by atoms with E-state index < -0.39 is 11.2 Å². The van der Waals surface area contributed by atoms with Crippen LogP contribution in [0.1, 0.15) is 16.5 Å². The monoisotopic (exact) mass is 390 g/mol. The van der Waals surface area contributed by atoms with E-state index in [0.717, 1.165) is 0 Å². The summed E-state index contributed by atoms with van der Waals surface area (Å²) in [6, 6.07) is 8.06. The van der Waals surface area contributed by atoms with Crippen molar-refractivity contribution < 1.29 is 13.9 Å². The van der Waals surface area contributed by atoms with Crippen LogP contribution in [0.25, 0.3) is 0 Å². The molecule has 1 aliphatic heterocycles. The molecular weight excluding hydrogens is 382 g/mol. The SMILES string of the molecule is Fc1cccc(Br)c1C(Cl)c1cc2c(cc1Cl)OCCO2. The van der Waals surface area contributed by atoms with Crippen LogP contribution in [-0.2, 0) is 0 Å². The zero-order valence-electron chi connectivity index (χ0n) is 10.7. The number of rotatable bonds is 2. The Hall–Kier alpha value is -0.970. The maximum absolute atomic E-state index is 14.0. The topological polar surface area (TPSA) is 18.5 Å². The highest BCUT2D eigenvalue weighted by atomic mass is 79.9. The van der Waals surface area contributed by atoms with Crippen molar-refractivity contribution >= 4 is 39.1 Å². The third-order valence-electron chi connectivity index (χ3n) is 3.19. The average molecular weight is 392 g/mol. The summed E-state index contributed by atoms with van der Waals surface area (Å²) < 4.78 is 25.6. The van der Waals surface area contributed by atoms with Crippen molar-refractivity contribution in [2.24, 2.45) is 0 Å². The Morgan fingerprint density at radius 3 is 2.48 bits per heavy atom. The Morgan fingerprint density at radius 1 is 1.14 bits per heavy atom. The summed E-state index contributed by atoms with van der Waals surface area (Å²) >= 11 is 16.0. The fourth-order valence-corrected chi connectivity index (χ4v) is 3.61. The molecule has 0 aliphatic carbocycles. The van der Waals surface area contributed by atoms with Crippen LogP contribution in [0.15, 0.2) is 34.8 Å². The number of hydrogen-bond donors (Lipinski definition) is 0. The zero-order valence-corrected chi connectivity index (χ0v) is 13.8. The molecule has 0 saturated carbocycles. The van der Waals surface area contributed by atoms with Gasteiger partial charge in [0.1, 0.15) is 19.0 Å². The Labute approximate surface area is 139 Å². The van der Waals surface area contributed by atoms with Gasteiger partial charge in [-0.05, 0) is 23.8 Å². The van der Waals surface area contributed by atoms with Gasteiger partial charge in [-0.2, -0.15) is 0 Å². The maximum atomic E-state index is 14.0. The summed E-state index contributed by atoms with van der Waals surface area (Å²) in [6.07, 6.45) is 0. The number of fused-ring (bicyclic) bond motifs is 1. The molecule has 2 nitrogen and oxygen atoms in total. The number of halogens is 4. The number of hydrogen-bond acceptors (Lipinski definition) is 2. The molecule has 0 fully saturated rings. The van der Waals surface area contributed by atoms with E-state index in [1.807, 2.05) is 0 Å². The van der Waals surface area contributed by atoms with E-state index in [4.69, 9.17) is 32.7 Å². The zero-order chi connectivity index (χ0) is 15.0. The van der Waals surface area contributed by atoms with Gasteiger partial charge in [-0.1, -0.05) is 33.6 Å². The standard InChI is InChI=1S/C15H10BrCl2FO2/c16-9-2-1-3-11(19)14(9)15(18)8-6-12-13(7-10(8)17)21-5-4-20-12/h1-3,6-7,15H,4-5H2. The second kappa shape index (κ2) is 6.03. The Bertz CT molecular complexity index is 673. The fourth-order valence-electron chi connectivity index (χ4n) is 2.18. The van der Waals surface area contributed by atoms with Crippen LogP contribution in [0, 0.1) is 5.82 Å². The van der Waals surface area contributed by atoms with Crippen LogP contribution >= 0.6 is 39.1 Å². The van der Waals surface area contributed by atoms with Gasteiger partial charge in [0, 0.05) is 21.1 Å². The first-order valence-corrected chi connectivity index (χ1v) is 7.85. The van der Waals surface area contributed by atoms with Crippen LogP contribution in [0.5, 0.6) is 11.5 Å². The van der Waals surface area contributed by atoms with Crippen molar-refractivity contribution in [1.29, 1.82) is 0 Å². The highest BCUT2D eigenvalue weighted by molar-refractivity contribution is 9.10. The lowest BCUT2D eigenvalue weighted by Gasteiger charge is -2.21. The van der Waals surface area contributed by atoms with Crippen molar-refractivity contribution in [2.45, 2.75) is 5.38 Å². The molecule has 110 valence electrons. The molecule has 0 bridgehead atoms. The van der Waals surface area contributed by atoms with Gasteiger partial charge in [0.25, 0.3) is 0 Å². The molecule has 1 atom stereocenters. The van der Waals surface area contributed by atoms with Gasteiger partial charge in [-0.25, -0.2) is 4.39 Å². The average Bonchev–Trinajstić information content (AvgIpc) is 2.46. The molecule has 1 unspecified atom stereocenters. The molecule has 0 aromatic heterocycles. The van der Waals surface area contributed by atoms with Gasteiger partial charge in [0.05, 0.1) is 5.38 Å². The number of alkyl halides is 1. The second-order valence-electron chi connectivity index (χ2n) is 4.52. The van der Waals surface area contributed by atoms with Gasteiger partial charge in [0.2, 0.25) is 0 Å². The number of benzene rings is 2. The highest BCUT2D eigenvalue weighted by Crippen LogP contribution is 2.43. The molecule has 21 heavy (non-hydrogen) atoms. The minimum Gasteiger partial charge on any atom is -0.486 e. The molecule has 3 rings (SSSR count). The van der Waals surface area contributed by atoms with Crippen molar-refractivity contribution in [3.63, 3.8) is 0 Å². The third kappa shape index (κ3) is 2.85. The van der Waals surface area contributed by atoms with Crippen LogP contribution in [0.4, 0.5) is 4.39 Å². The van der Waals surface area contributed by atoms with E-state index in [-0.39, 0.29) is 0 Å². The molecule has 2 aromatic carbocycles. The Balaban J connectivity index is 2.07. The summed E-state index contributed by atoms with van der Waals surface area (Å²) in [5, 5.41) is -0.321. The molecule has 1 aliphatic rings. The van der Waals surface area contributed by atoms with Gasteiger partial charge in [-0.15, -0.1) is 11.6 Å². The van der Waals surface area contributed by atoms with E-state index >= 15 is 0 Å². The Kier molecular flexibility index (Phi) is 4.29. The first-order chi connectivity index (χ1) is 10.1. The van der Waals surface area contributed by atoms with E-state index in [0.29, 0.717) is 45.3 Å².